The Labute approximate surface area is 83.5 Å². The van der Waals surface area contributed by atoms with Gasteiger partial charge in [0.2, 0.25) is 0 Å². The predicted molar refractivity (Wildman–Crippen MR) is 58.8 cm³/mol. The predicted octanol–water partition coefficient (Wildman–Crippen LogP) is 3.61. The normalized spacial score (nSPS) is 13.4. The second kappa shape index (κ2) is 4.99. The van der Waals surface area contributed by atoms with E-state index in [4.69, 9.17) is 5.11 Å². The maximum Gasteiger partial charge on any atom is 0.0436 e. The summed E-state index contributed by atoms with van der Waals surface area (Å²) in [5, 5.41) is 8.86. The van der Waals surface area contributed by atoms with Gasteiger partial charge in [0, 0.05) is 6.61 Å². The van der Waals surface area contributed by atoms with E-state index in [1.165, 1.54) is 19.3 Å². The summed E-state index contributed by atoms with van der Waals surface area (Å²) in [6, 6.07) is 0. The summed E-state index contributed by atoms with van der Waals surface area (Å²) < 4.78 is 0. The molecule has 0 aromatic heterocycles. The lowest BCUT2D eigenvalue weighted by molar-refractivity contribution is 0.192. The van der Waals surface area contributed by atoms with Crippen molar-refractivity contribution in [2.24, 2.45) is 10.8 Å². The van der Waals surface area contributed by atoms with Crippen LogP contribution in [0.2, 0.25) is 0 Å². The zero-order valence-electron chi connectivity index (χ0n) is 9.98. The summed E-state index contributed by atoms with van der Waals surface area (Å²) in [6.45, 7) is 11.7. The molecule has 0 bridgehead atoms. The van der Waals surface area contributed by atoms with Crippen LogP contribution < -0.4 is 0 Å². The van der Waals surface area contributed by atoms with Gasteiger partial charge in [-0.05, 0) is 30.1 Å². The molecule has 0 aromatic carbocycles. The van der Waals surface area contributed by atoms with Crippen LogP contribution in [0.25, 0.3) is 0 Å². The minimum absolute atomic E-state index is 0.319. The first-order chi connectivity index (χ1) is 5.77. The Morgan fingerprint density at radius 1 is 0.846 bits per heavy atom. The van der Waals surface area contributed by atoms with Gasteiger partial charge in [0.1, 0.15) is 0 Å². The molecule has 0 rings (SSSR count). The number of aliphatic hydroxyl groups excluding tert-OH is 1. The van der Waals surface area contributed by atoms with Gasteiger partial charge in [0.15, 0.2) is 0 Å². The van der Waals surface area contributed by atoms with Gasteiger partial charge in [-0.2, -0.15) is 0 Å². The SMILES string of the molecule is CC(C)(C)CCCC(C)(C)CCO. The fraction of sp³-hybridized carbons (Fsp3) is 1.00. The van der Waals surface area contributed by atoms with Crippen molar-refractivity contribution >= 4 is 0 Å². The molecule has 1 heteroatoms. The van der Waals surface area contributed by atoms with Crippen LogP contribution in [0.3, 0.4) is 0 Å². The van der Waals surface area contributed by atoms with Crippen molar-refractivity contribution in [1.29, 1.82) is 0 Å². The average molecular weight is 186 g/mol. The molecule has 0 atom stereocenters. The van der Waals surface area contributed by atoms with E-state index in [9.17, 15) is 0 Å². The Morgan fingerprint density at radius 2 is 1.38 bits per heavy atom. The molecule has 0 aliphatic carbocycles. The summed E-state index contributed by atoms with van der Waals surface area (Å²) in [4.78, 5) is 0. The molecule has 80 valence electrons. The van der Waals surface area contributed by atoms with E-state index in [-0.39, 0.29) is 0 Å². The summed E-state index contributed by atoms with van der Waals surface area (Å²) >= 11 is 0. The summed E-state index contributed by atoms with van der Waals surface area (Å²) in [5.41, 5.74) is 0.773. The summed E-state index contributed by atoms with van der Waals surface area (Å²) in [5.74, 6) is 0. The Kier molecular flexibility index (Phi) is 4.98. The van der Waals surface area contributed by atoms with Crippen molar-refractivity contribution in [3.63, 3.8) is 0 Å². The lowest BCUT2D eigenvalue weighted by atomic mass is 9.81. The molecule has 0 amide bonds. The zero-order chi connectivity index (χ0) is 10.5. The van der Waals surface area contributed by atoms with Crippen LogP contribution in [0, 0.1) is 10.8 Å². The third-order valence-electron chi connectivity index (χ3n) is 2.57. The Balaban J connectivity index is 3.63. The largest absolute Gasteiger partial charge is 0.396 e. The van der Waals surface area contributed by atoms with Crippen LogP contribution >= 0.6 is 0 Å². The number of aliphatic hydroxyl groups is 1. The van der Waals surface area contributed by atoms with E-state index in [1.807, 2.05) is 0 Å². The molecule has 0 saturated carbocycles. The highest BCUT2D eigenvalue weighted by Gasteiger charge is 2.18. The van der Waals surface area contributed by atoms with Gasteiger partial charge in [-0.25, -0.2) is 0 Å². The fourth-order valence-corrected chi connectivity index (χ4v) is 1.52. The van der Waals surface area contributed by atoms with Crippen molar-refractivity contribution in [2.75, 3.05) is 6.61 Å². The minimum Gasteiger partial charge on any atom is -0.396 e. The molecule has 1 N–H and O–H groups in total. The van der Waals surface area contributed by atoms with E-state index in [2.05, 4.69) is 34.6 Å². The summed E-state index contributed by atoms with van der Waals surface area (Å²) in [6.07, 6.45) is 4.71. The molecule has 13 heavy (non-hydrogen) atoms. The second-order valence-electron chi connectivity index (χ2n) is 6.05. The molecule has 0 aliphatic heterocycles. The van der Waals surface area contributed by atoms with Gasteiger partial charge in [0.25, 0.3) is 0 Å². The number of hydrogen-bond donors (Lipinski definition) is 1. The highest BCUT2D eigenvalue weighted by Crippen LogP contribution is 2.30. The Bertz CT molecular complexity index is 131. The molecule has 1 nitrogen and oxygen atoms in total. The molecule has 0 heterocycles. The second-order valence-corrected chi connectivity index (χ2v) is 6.05. The average Bonchev–Trinajstić information content (AvgIpc) is 1.82. The van der Waals surface area contributed by atoms with Gasteiger partial charge < -0.3 is 5.11 Å². The quantitative estimate of drug-likeness (QED) is 0.695. The van der Waals surface area contributed by atoms with E-state index < -0.39 is 0 Å². The van der Waals surface area contributed by atoms with Crippen LogP contribution in [0.15, 0.2) is 0 Å². The van der Waals surface area contributed by atoms with Crippen molar-refractivity contribution in [3.8, 4) is 0 Å². The van der Waals surface area contributed by atoms with Crippen LogP contribution in [0.4, 0.5) is 0 Å². The van der Waals surface area contributed by atoms with E-state index >= 15 is 0 Å². The van der Waals surface area contributed by atoms with Crippen molar-refractivity contribution < 1.29 is 5.11 Å². The molecule has 0 unspecified atom stereocenters. The van der Waals surface area contributed by atoms with Gasteiger partial charge >= 0.3 is 0 Å². The third-order valence-corrected chi connectivity index (χ3v) is 2.57. The smallest absolute Gasteiger partial charge is 0.0436 e. The lowest BCUT2D eigenvalue weighted by Gasteiger charge is -2.26. The molecule has 0 saturated heterocycles. The minimum atomic E-state index is 0.319. The van der Waals surface area contributed by atoms with Gasteiger partial charge in [-0.1, -0.05) is 41.0 Å². The molecule has 0 fully saturated rings. The number of hydrogen-bond acceptors (Lipinski definition) is 1. The maximum absolute atomic E-state index is 8.86. The molecular formula is C12H26O. The monoisotopic (exact) mass is 186 g/mol. The van der Waals surface area contributed by atoms with Crippen molar-refractivity contribution in [3.05, 3.63) is 0 Å². The number of rotatable bonds is 5. The standard InChI is InChI=1S/C12H26O/c1-11(2,3)7-6-8-12(4,5)9-10-13/h13H,6-10H2,1-5H3. The van der Waals surface area contributed by atoms with Crippen LogP contribution in [-0.4, -0.2) is 11.7 Å². The molecule has 0 radical (unpaired) electrons. The van der Waals surface area contributed by atoms with Gasteiger partial charge in [0.05, 0.1) is 0 Å². The first kappa shape index (κ1) is 13.0. The van der Waals surface area contributed by atoms with Crippen molar-refractivity contribution in [1.82, 2.24) is 0 Å². The van der Waals surface area contributed by atoms with Crippen LogP contribution in [0.5, 0.6) is 0 Å². The lowest BCUT2D eigenvalue weighted by Crippen LogP contribution is -2.14. The summed E-state index contributed by atoms with van der Waals surface area (Å²) in [7, 11) is 0. The molecule has 0 aliphatic rings. The van der Waals surface area contributed by atoms with E-state index in [0.717, 1.165) is 6.42 Å². The highest BCUT2D eigenvalue weighted by molar-refractivity contribution is 4.70. The Morgan fingerprint density at radius 3 is 1.77 bits per heavy atom. The first-order valence-electron chi connectivity index (χ1n) is 5.38. The van der Waals surface area contributed by atoms with Crippen molar-refractivity contribution in [2.45, 2.75) is 60.3 Å². The zero-order valence-corrected chi connectivity index (χ0v) is 9.98. The molecule has 0 aromatic rings. The van der Waals surface area contributed by atoms with E-state index in [0.29, 0.717) is 17.4 Å². The van der Waals surface area contributed by atoms with Crippen LogP contribution in [-0.2, 0) is 0 Å². The molecule has 0 spiro atoms. The van der Waals surface area contributed by atoms with Crippen LogP contribution in [0.1, 0.15) is 60.3 Å². The Hall–Kier alpha value is -0.0400. The topological polar surface area (TPSA) is 20.2 Å². The van der Waals surface area contributed by atoms with Gasteiger partial charge in [-0.15, -0.1) is 0 Å². The fourth-order valence-electron chi connectivity index (χ4n) is 1.52. The first-order valence-corrected chi connectivity index (χ1v) is 5.38. The third kappa shape index (κ3) is 8.29. The molecular weight excluding hydrogens is 160 g/mol. The highest BCUT2D eigenvalue weighted by atomic mass is 16.3. The van der Waals surface area contributed by atoms with Gasteiger partial charge in [-0.3, -0.25) is 0 Å². The maximum atomic E-state index is 8.86. The van der Waals surface area contributed by atoms with E-state index in [1.54, 1.807) is 0 Å².